The molecule has 2 aliphatic heterocycles. The van der Waals surface area contributed by atoms with Crippen molar-refractivity contribution in [2.24, 2.45) is 0 Å². The van der Waals surface area contributed by atoms with Gasteiger partial charge in [-0.2, -0.15) is 0 Å². The molecule has 0 radical (unpaired) electrons. The maximum atomic E-state index is 3.70. The van der Waals surface area contributed by atoms with Gasteiger partial charge >= 0.3 is 0 Å². The molecule has 0 saturated carbocycles. The first-order valence-corrected chi connectivity index (χ1v) is 2.84. The van der Waals surface area contributed by atoms with E-state index in [1.807, 2.05) is 6.08 Å². The Morgan fingerprint density at radius 1 is 1.71 bits per heavy atom. The van der Waals surface area contributed by atoms with E-state index in [4.69, 9.17) is 0 Å². The highest BCUT2D eigenvalue weighted by Gasteiger charge is 2.72. The molecular formula is C6H10N+. The average Bonchev–Trinajstić information content (AvgIpc) is 2.22. The van der Waals surface area contributed by atoms with Crippen LogP contribution < -0.4 is 0 Å². The molecule has 2 aliphatic rings. The summed E-state index contributed by atoms with van der Waals surface area (Å²) in [5, 5.41) is 0. The van der Waals surface area contributed by atoms with Crippen LogP contribution in [0.25, 0.3) is 0 Å². The summed E-state index contributed by atoms with van der Waals surface area (Å²) in [5.74, 6) is 0. The molecule has 2 fully saturated rings. The maximum absolute atomic E-state index is 3.70. The summed E-state index contributed by atoms with van der Waals surface area (Å²) in [6.45, 7) is 7.82. The second-order valence-electron chi connectivity index (χ2n) is 2.71. The topological polar surface area (TPSA) is 0 Å². The van der Waals surface area contributed by atoms with Gasteiger partial charge in [0.25, 0.3) is 0 Å². The predicted molar refractivity (Wildman–Crippen MR) is 28.8 cm³/mol. The average molecular weight is 96.2 g/mol. The Morgan fingerprint density at radius 3 is 2.43 bits per heavy atom. The third-order valence-corrected chi connectivity index (χ3v) is 2.15. The van der Waals surface area contributed by atoms with Crippen LogP contribution in [0.4, 0.5) is 0 Å². The molecule has 0 atom stereocenters. The minimum atomic E-state index is 1.08. The fraction of sp³-hybridized carbons (Fsp3) is 0.667. The molecule has 0 aromatic heterocycles. The van der Waals surface area contributed by atoms with Crippen LogP contribution in [0.1, 0.15) is 0 Å². The zero-order valence-corrected chi connectivity index (χ0v) is 4.43. The van der Waals surface area contributed by atoms with Crippen LogP contribution in [-0.4, -0.2) is 30.2 Å². The summed E-state index contributed by atoms with van der Waals surface area (Å²) < 4.78 is 1.39. The molecule has 2 saturated heterocycles. The summed E-state index contributed by atoms with van der Waals surface area (Å²) in [7, 11) is 0. The van der Waals surface area contributed by atoms with Gasteiger partial charge in [-0.1, -0.05) is 6.58 Å². The Balaban J connectivity index is 1.97. The number of hydrogen-bond donors (Lipinski definition) is 0. The Morgan fingerprint density at radius 2 is 2.29 bits per heavy atom. The molecule has 38 valence electrons. The highest BCUT2D eigenvalue weighted by molar-refractivity contribution is 4.92. The van der Waals surface area contributed by atoms with Crippen molar-refractivity contribution in [1.29, 1.82) is 0 Å². The number of nitrogens with zero attached hydrogens (tertiary/aromatic N) is 1. The lowest BCUT2D eigenvalue weighted by Gasteiger charge is -1.95. The lowest BCUT2D eigenvalue weighted by atomic mass is 10.5. The van der Waals surface area contributed by atoms with Crippen LogP contribution in [0.5, 0.6) is 0 Å². The van der Waals surface area contributed by atoms with E-state index < -0.39 is 0 Å². The van der Waals surface area contributed by atoms with Gasteiger partial charge in [0, 0.05) is 0 Å². The summed E-state index contributed by atoms with van der Waals surface area (Å²) in [6.07, 6.45) is 2.03. The summed E-state index contributed by atoms with van der Waals surface area (Å²) in [5.41, 5.74) is 0. The molecule has 1 nitrogen and oxygen atoms in total. The monoisotopic (exact) mass is 96.1 g/mol. The first-order chi connectivity index (χ1) is 3.37. The zero-order chi connectivity index (χ0) is 4.91. The molecule has 0 amide bonds. The minimum Gasteiger partial charge on any atom is -0.298 e. The van der Waals surface area contributed by atoms with Crippen molar-refractivity contribution in [3.63, 3.8) is 0 Å². The standard InChI is InChI=1S/C6H10N/c1-2-3-7-4-6(7)5-7/h2,6H,1,3-5H2/q+1. The lowest BCUT2D eigenvalue weighted by Crippen LogP contribution is -2.10. The predicted octanol–water partition coefficient (Wildman–Crippen LogP) is 0.385. The molecule has 0 bridgehead atoms. The third-order valence-electron chi connectivity index (χ3n) is 2.15. The summed E-state index contributed by atoms with van der Waals surface area (Å²) in [4.78, 5) is 0. The fourth-order valence-electron chi connectivity index (χ4n) is 1.25. The van der Waals surface area contributed by atoms with Crippen LogP contribution in [0.15, 0.2) is 12.7 Å². The molecule has 0 aromatic carbocycles. The van der Waals surface area contributed by atoms with Crippen LogP contribution in [0, 0.1) is 0 Å². The van der Waals surface area contributed by atoms with Gasteiger partial charge in [-0.05, 0) is 6.08 Å². The van der Waals surface area contributed by atoms with E-state index in [1.54, 1.807) is 0 Å². The molecule has 0 aromatic rings. The third kappa shape index (κ3) is 0.317. The molecule has 2 heterocycles. The Kier molecular flexibility index (Phi) is 0.409. The van der Waals surface area contributed by atoms with Gasteiger partial charge in [-0.25, -0.2) is 0 Å². The fourth-order valence-corrected chi connectivity index (χ4v) is 1.25. The maximum Gasteiger partial charge on any atom is 0.189 e. The number of fused-ring (bicyclic) bond motifs is 1. The van der Waals surface area contributed by atoms with Crippen molar-refractivity contribution in [2.75, 3.05) is 19.6 Å². The first kappa shape index (κ1) is 3.67. The van der Waals surface area contributed by atoms with Gasteiger partial charge in [0.1, 0.15) is 13.1 Å². The second kappa shape index (κ2) is 0.781. The molecule has 1 heteroatoms. The van der Waals surface area contributed by atoms with Crippen molar-refractivity contribution in [3.8, 4) is 0 Å². The van der Waals surface area contributed by atoms with E-state index in [0.29, 0.717) is 0 Å². The van der Waals surface area contributed by atoms with E-state index in [0.717, 1.165) is 6.04 Å². The van der Waals surface area contributed by atoms with Crippen molar-refractivity contribution in [3.05, 3.63) is 12.7 Å². The van der Waals surface area contributed by atoms with Gasteiger partial charge in [0.05, 0.1) is 6.54 Å². The van der Waals surface area contributed by atoms with Gasteiger partial charge in [-0.15, -0.1) is 0 Å². The molecule has 0 spiro atoms. The van der Waals surface area contributed by atoms with E-state index >= 15 is 0 Å². The Hall–Kier alpha value is -0.300. The van der Waals surface area contributed by atoms with E-state index in [2.05, 4.69) is 6.58 Å². The molecule has 0 unspecified atom stereocenters. The molecule has 2 rings (SSSR count). The second-order valence-corrected chi connectivity index (χ2v) is 2.71. The Bertz CT molecular complexity index is 111. The SMILES string of the molecule is C=CC[N+]12CC1C2. The van der Waals surface area contributed by atoms with Gasteiger partial charge < -0.3 is 0 Å². The number of hydrogen-bond acceptors (Lipinski definition) is 0. The largest absolute Gasteiger partial charge is 0.298 e. The van der Waals surface area contributed by atoms with Crippen LogP contribution in [0.2, 0.25) is 0 Å². The van der Waals surface area contributed by atoms with Crippen molar-refractivity contribution in [1.82, 2.24) is 0 Å². The molecular weight excluding hydrogens is 86.1 g/mol. The van der Waals surface area contributed by atoms with Crippen LogP contribution in [-0.2, 0) is 0 Å². The van der Waals surface area contributed by atoms with Crippen molar-refractivity contribution in [2.45, 2.75) is 6.04 Å². The summed E-state index contributed by atoms with van der Waals surface area (Å²) >= 11 is 0. The van der Waals surface area contributed by atoms with E-state index in [9.17, 15) is 0 Å². The quantitative estimate of drug-likeness (QED) is 0.265. The highest BCUT2D eigenvalue weighted by Crippen LogP contribution is 2.47. The Labute approximate surface area is 43.8 Å². The van der Waals surface area contributed by atoms with Crippen LogP contribution in [0.3, 0.4) is 0 Å². The van der Waals surface area contributed by atoms with E-state index in [-0.39, 0.29) is 0 Å². The van der Waals surface area contributed by atoms with E-state index in [1.165, 1.54) is 24.1 Å². The highest BCUT2D eigenvalue weighted by atomic mass is 15.6. The molecule has 7 heavy (non-hydrogen) atoms. The van der Waals surface area contributed by atoms with Gasteiger partial charge in [0.2, 0.25) is 0 Å². The normalized spacial score (nSPS) is 52.9. The summed E-state index contributed by atoms with van der Waals surface area (Å²) in [6, 6.07) is 1.08. The van der Waals surface area contributed by atoms with Gasteiger partial charge in [0.15, 0.2) is 6.04 Å². The number of quaternary nitrogens is 1. The van der Waals surface area contributed by atoms with Crippen molar-refractivity contribution < 1.29 is 4.48 Å². The zero-order valence-electron chi connectivity index (χ0n) is 4.43. The van der Waals surface area contributed by atoms with Crippen LogP contribution >= 0.6 is 0 Å². The molecule has 0 N–H and O–H groups in total. The first-order valence-electron chi connectivity index (χ1n) is 2.84. The van der Waals surface area contributed by atoms with Gasteiger partial charge in [-0.3, -0.25) is 4.48 Å². The number of rotatable bonds is 2. The minimum absolute atomic E-state index is 1.08. The lowest BCUT2D eigenvalue weighted by molar-refractivity contribution is -0.694. The molecule has 0 aliphatic carbocycles. The smallest absolute Gasteiger partial charge is 0.189 e. The van der Waals surface area contributed by atoms with Crippen molar-refractivity contribution >= 4 is 0 Å².